The van der Waals surface area contributed by atoms with Crippen LogP contribution >= 0.6 is 0 Å². The second-order valence-electron chi connectivity index (χ2n) is 5.95. The van der Waals surface area contributed by atoms with E-state index < -0.39 is 0 Å². The molecule has 0 saturated heterocycles. The van der Waals surface area contributed by atoms with E-state index in [9.17, 15) is 4.79 Å². The van der Waals surface area contributed by atoms with Crippen molar-refractivity contribution in [2.75, 3.05) is 5.32 Å². The molecule has 126 valence electrons. The van der Waals surface area contributed by atoms with Crippen LogP contribution in [0.4, 0.5) is 11.4 Å². The zero-order chi connectivity index (χ0) is 17.6. The SMILES string of the molecule is Cc1ccc(C)c(Nc2cncc(C(=O)NCc3cccnc3)c2)c1. The van der Waals surface area contributed by atoms with Gasteiger partial charge in [-0.3, -0.25) is 14.8 Å². The van der Waals surface area contributed by atoms with E-state index in [-0.39, 0.29) is 5.91 Å². The zero-order valence-electron chi connectivity index (χ0n) is 14.3. The maximum atomic E-state index is 12.3. The van der Waals surface area contributed by atoms with Crippen LogP contribution in [0.3, 0.4) is 0 Å². The summed E-state index contributed by atoms with van der Waals surface area (Å²) in [6.45, 7) is 4.52. The largest absolute Gasteiger partial charge is 0.354 e. The van der Waals surface area contributed by atoms with Gasteiger partial charge in [0.2, 0.25) is 0 Å². The Morgan fingerprint density at radius 1 is 1.04 bits per heavy atom. The molecule has 0 aliphatic rings. The number of carbonyl (C=O) groups excluding carboxylic acids is 1. The zero-order valence-corrected chi connectivity index (χ0v) is 14.3. The fraction of sp³-hybridized carbons (Fsp3) is 0.150. The Morgan fingerprint density at radius 2 is 1.92 bits per heavy atom. The Hall–Kier alpha value is -3.21. The molecule has 5 nitrogen and oxygen atoms in total. The van der Waals surface area contributed by atoms with Gasteiger partial charge in [0.25, 0.3) is 5.91 Å². The van der Waals surface area contributed by atoms with E-state index in [1.54, 1.807) is 30.9 Å². The van der Waals surface area contributed by atoms with Gasteiger partial charge in [0.15, 0.2) is 0 Å². The molecular weight excluding hydrogens is 312 g/mol. The third-order valence-electron chi connectivity index (χ3n) is 3.85. The van der Waals surface area contributed by atoms with Crippen molar-refractivity contribution in [3.8, 4) is 0 Å². The van der Waals surface area contributed by atoms with Crippen molar-refractivity contribution in [1.82, 2.24) is 15.3 Å². The lowest BCUT2D eigenvalue weighted by molar-refractivity contribution is 0.0950. The van der Waals surface area contributed by atoms with E-state index in [1.165, 1.54) is 5.56 Å². The minimum atomic E-state index is -0.166. The molecule has 2 heterocycles. The molecule has 0 unspecified atom stereocenters. The number of pyridine rings is 2. The summed E-state index contributed by atoms with van der Waals surface area (Å²) in [7, 11) is 0. The van der Waals surface area contributed by atoms with Crippen LogP contribution in [0.25, 0.3) is 0 Å². The topological polar surface area (TPSA) is 66.9 Å². The Morgan fingerprint density at radius 3 is 2.72 bits per heavy atom. The molecule has 0 fully saturated rings. The van der Waals surface area contributed by atoms with Gasteiger partial charge in [0, 0.05) is 30.8 Å². The first-order chi connectivity index (χ1) is 12.1. The molecule has 1 amide bonds. The monoisotopic (exact) mass is 332 g/mol. The summed E-state index contributed by atoms with van der Waals surface area (Å²) < 4.78 is 0. The van der Waals surface area contributed by atoms with Crippen LogP contribution in [0.1, 0.15) is 27.0 Å². The highest BCUT2D eigenvalue weighted by molar-refractivity contribution is 5.94. The van der Waals surface area contributed by atoms with Gasteiger partial charge >= 0.3 is 0 Å². The highest BCUT2D eigenvalue weighted by Gasteiger charge is 2.08. The summed E-state index contributed by atoms with van der Waals surface area (Å²) in [5.74, 6) is -0.166. The summed E-state index contributed by atoms with van der Waals surface area (Å²) >= 11 is 0. The van der Waals surface area contributed by atoms with Crippen molar-refractivity contribution in [1.29, 1.82) is 0 Å². The first-order valence-electron chi connectivity index (χ1n) is 8.08. The first kappa shape index (κ1) is 16.6. The Kier molecular flexibility index (Phi) is 5.04. The van der Waals surface area contributed by atoms with Crippen LogP contribution in [0.5, 0.6) is 0 Å². The van der Waals surface area contributed by atoms with Crippen LogP contribution in [-0.4, -0.2) is 15.9 Å². The average Bonchev–Trinajstić information content (AvgIpc) is 2.64. The van der Waals surface area contributed by atoms with E-state index in [0.29, 0.717) is 12.1 Å². The van der Waals surface area contributed by atoms with Crippen molar-refractivity contribution in [2.24, 2.45) is 0 Å². The second-order valence-corrected chi connectivity index (χ2v) is 5.95. The third-order valence-corrected chi connectivity index (χ3v) is 3.85. The molecule has 0 aliphatic heterocycles. The van der Waals surface area contributed by atoms with Crippen molar-refractivity contribution in [3.63, 3.8) is 0 Å². The molecule has 0 bridgehead atoms. The quantitative estimate of drug-likeness (QED) is 0.746. The number of carbonyl (C=O) groups is 1. The Balaban J connectivity index is 1.70. The van der Waals surface area contributed by atoms with E-state index in [2.05, 4.69) is 38.8 Å². The molecule has 3 aromatic rings. The molecule has 0 spiro atoms. The minimum Gasteiger partial charge on any atom is -0.354 e. The number of amides is 1. The third kappa shape index (κ3) is 4.41. The number of hydrogen-bond donors (Lipinski definition) is 2. The predicted molar refractivity (Wildman–Crippen MR) is 98.8 cm³/mol. The molecule has 0 aliphatic carbocycles. The standard InChI is InChI=1S/C20H20N4O/c1-14-5-6-15(2)19(8-14)24-18-9-17(12-22-13-18)20(25)23-11-16-4-3-7-21-10-16/h3-10,12-13,24H,11H2,1-2H3,(H,23,25). The number of aromatic nitrogens is 2. The Labute approximate surface area is 147 Å². The molecule has 0 radical (unpaired) electrons. The summed E-state index contributed by atoms with van der Waals surface area (Å²) in [5.41, 5.74) is 5.56. The van der Waals surface area contributed by atoms with Crippen LogP contribution in [0, 0.1) is 13.8 Å². The second kappa shape index (κ2) is 7.57. The van der Waals surface area contributed by atoms with Gasteiger partial charge in [0.1, 0.15) is 0 Å². The van der Waals surface area contributed by atoms with Gasteiger partial charge in [0.05, 0.1) is 17.4 Å². The van der Waals surface area contributed by atoms with Crippen LogP contribution in [0.2, 0.25) is 0 Å². The number of nitrogens with one attached hydrogen (secondary N) is 2. The van der Waals surface area contributed by atoms with E-state index in [1.807, 2.05) is 26.0 Å². The maximum Gasteiger partial charge on any atom is 0.253 e. The molecule has 0 saturated carbocycles. The fourth-order valence-electron chi connectivity index (χ4n) is 2.45. The summed E-state index contributed by atoms with van der Waals surface area (Å²) in [5, 5.41) is 6.21. The highest BCUT2D eigenvalue weighted by Crippen LogP contribution is 2.21. The maximum absolute atomic E-state index is 12.3. The molecule has 1 aromatic carbocycles. The van der Waals surface area contributed by atoms with Crippen LogP contribution in [0.15, 0.2) is 61.2 Å². The fourth-order valence-corrected chi connectivity index (χ4v) is 2.45. The van der Waals surface area contributed by atoms with Gasteiger partial charge in [-0.05, 0) is 48.7 Å². The van der Waals surface area contributed by atoms with Crippen molar-refractivity contribution >= 4 is 17.3 Å². The van der Waals surface area contributed by atoms with E-state index >= 15 is 0 Å². The van der Waals surface area contributed by atoms with Crippen molar-refractivity contribution in [3.05, 3.63) is 83.4 Å². The van der Waals surface area contributed by atoms with Gasteiger partial charge in [-0.1, -0.05) is 18.2 Å². The van der Waals surface area contributed by atoms with Crippen molar-refractivity contribution < 1.29 is 4.79 Å². The molecule has 25 heavy (non-hydrogen) atoms. The molecule has 0 atom stereocenters. The average molecular weight is 332 g/mol. The summed E-state index contributed by atoms with van der Waals surface area (Å²) in [6, 6.07) is 11.8. The van der Waals surface area contributed by atoms with Crippen molar-refractivity contribution in [2.45, 2.75) is 20.4 Å². The van der Waals surface area contributed by atoms with Gasteiger partial charge in [-0.15, -0.1) is 0 Å². The normalized spacial score (nSPS) is 10.3. The summed E-state index contributed by atoms with van der Waals surface area (Å²) in [4.78, 5) is 20.6. The number of aryl methyl sites for hydroxylation is 2. The van der Waals surface area contributed by atoms with Crippen LogP contribution in [-0.2, 0) is 6.54 Å². The first-order valence-corrected chi connectivity index (χ1v) is 8.08. The lowest BCUT2D eigenvalue weighted by Crippen LogP contribution is -2.23. The lowest BCUT2D eigenvalue weighted by atomic mass is 10.1. The number of nitrogens with zero attached hydrogens (tertiary/aromatic N) is 2. The van der Waals surface area contributed by atoms with Gasteiger partial charge in [-0.2, -0.15) is 0 Å². The van der Waals surface area contributed by atoms with Gasteiger partial charge in [-0.25, -0.2) is 0 Å². The lowest BCUT2D eigenvalue weighted by Gasteiger charge is -2.11. The number of hydrogen-bond acceptors (Lipinski definition) is 4. The smallest absolute Gasteiger partial charge is 0.253 e. The van der Waals surface area contributed by atoms with E-state index in [4.69, 9.17) is 0 Å². The summed E-state index contributed by atoms with van der Waals surface area (Å²) in [6.07, 6.45) is 6.71. The van der Waals surface area contributed by atoms with Crippen LogP contribution < -0.4 is 10.6 Å². The molecular formula is C20H20N4O. The number of anilines is 2. The number of benzene rings is 1. The van der Waals surface area contributed by atoms with E-state index in [0.717, 1.165) is 22.5 Å². The van der Waals surface area contributed by atoms with Gasteiger partial charge < -0.3 is 10.6 Å². The number of rotatable bonds is 5. The Bertz CT molecular complexity index is 878. The predicted octanol–water partition coefficient (Wildman–Crippen LogP) is 3.77. The molecule has 5 heteroatoms. The highest BCUT2D eigenvalue weighted by atomic mass is 16.1. The molecule has 2 aromatic heterocycles. The molecule has 2 N–H and O–H groups in total. The minimum absolute atomic E-state index is 0.166. The molecule has 3 rings (SSSR count).